The molecule has 8 nitrogen and oxygen atoms in total. The van der Waals surface area contributed by atoms with Gasteiger partial charge in [-0.3, -0.25) is 4.99 Å². The van der Waals surface area contributed by atoms with Gasteiger partial charge < -0.3 is 14.6 Å². The van der Waals surface area contributed by atoms with Crippen molar-refractivity contribution in [3.63, 3.8) is 0 Å². The zero-order valence-electron chi connectivity index (χ0n) is 14.6. The summed E-state index contributed by atoms with van der Waals surface area (Å²) in [4.78, 5) is 16.6. The summed E-state index contributed by atoms with van der Waals surface area (Å²) in [6, 6.07) is 13.6. The number of aryl methyl sites for hydroxylation is 1. The van der Waals surface area contributed by atoms with Crippen LogP contribution in [0.1, 0.15) is 5.69 Å². The van der Waals surface area contributed by atoms with E-state index in [1.165, 1.54) is 9.36 Å². The summed E-state index contributed by atoms with van der Waals surface area (Å²) in [6.07, 6.45) is 0. The molecule has 0 atom stereocenters. The van der Waals surface area contributed by atoms with Crippen molar-refractivity contribution in [2.24, 2.45) is 12.0 Å². The molecule has 134 valence electrons. The Bertz CT molecular complexity index is 986. The number of aromatic nitrogens is 3. The van der Waals surface area contributed by atoms with E-state index in [9.17, 15) is 9.90 Å². The number of methoxy groups -OCH3 is 2. The molecule has 1 N–H and O–H groups in total. The quantitative estimate of drug-likeness (QED) is 0.409. The van der Waals surface area contributed by atoms with Crippen LogP contribution >= 0.6 is 0 Å². The van der Waals surface area contributed by atoms with Crippen molar-refractivity contribution in [3.05, 3.63) is 64.6 Å². The molecule has 26 heavy (non-hydrogen) atoms. The molecule has 1 heterocycles. The fourth-order valence-corrected chi connectivity index (χ4v) is 2.46. The molecule has 0 amide bonds. The van der Waals surface area contributed by atoms with E-state index in [1.54, 1.807) is 69.8 Å². The zero-order valence-corrected chi connectivity index (χ0v) is 14.6. The third-order valence-corrected chi connectivity index (χ3v) is 3.83. The van der Waals surface area contributed by atoms with E-state index < -0.39 is 11.5 Å². The maximum Gasteiger partial charge on any atom is 0.406 e. The van der Waals surface area contributed by atoms with Crippen molar-refractivity contribution in [3.8, 4) is 17.2 Å². The fourth-order valence-electron chi connectivity index (χ4n) is 2.46. The Hall–Kier alpha value is -3.55. The number of nitrogens with zero attached hydrogens (tertiary/aromatic N) is 3. The first-order valence-electron chi connectivity index (χ1n) is 7.79. The third-order valence-electron chi connectivity index (χ3n) is 3.83. The number of rotatable bonds is 5. The van der Waals surface area contributed by atoms with E-state index in [2.05, 4.69) is 10.2 Å². The van der Waals surface area contributed by atoms with Gasteiger partial charge >= 0.3 is 5.56 Å². The molecule has 2 aromatic carbocycles. The smallest absolute Gasteiger partial charge is 0.406 e. The van der Waals surface area contributed by atoms with E-state index in [4.69, 9.17) is 9.47 Å². The summed E-state index contributed by atoms with van der Waals surface area (Å²) in [5.74, 6) is 0.695. The molecule has 0 spiro atoms. The molecule has 0 aliphatic rings. The zero-order chi connectivity index (χ0) is 18.7. The van der Waals surface area contributed by atoms with Gasteiger partial charge in [-0.2, -0.15) is 4.68 Å². The highest BCUT2D eigenvalue weighted by atomic mass is 16.5. The van der Waals surface area contributed by atoms with Gasteiger partial charge in [-0.25, -0.2) is 4.79 Å². The van der Waals surface area contributed by atoms with Crippen LogP contribution in [0.3, 0.4) is 0 Å². The third kappa shape index (κ3) is 3.30. The Morgan fingerprint density at radius 2 is 1.58 bits per heavy atom. The Morgan fingerprint density at radius 3 is 2.12 bits per heavy atom. The number of H-pyrrole nitrogens is 1. The van der Waals surface area contributed by atoms with Crippen molar-refractivity contribution in [1.29, 1.82) is 0 Å². The summed E-state index contributed by atoms with van der Waals surface area (Å²) in [6.45, 7) is 0. The van der Waals surface area contributed by atoms with E-state index in [0.717, 1.165) is 0 Å². The first kappa shape index (κ1) is 17.3. The predicted octanol–water partition coefficient (Wildman–Crippen LogP) is 0.446. The van der Waals surface area contributed by atoms with Crippen LogP contribution in [-0.4, -0.2) is 30.0 Å². The fraction of sp³-hybridized carbons (Fsp3) is 0.167. The molecule has 0 aliphatic carbocycles. The summed E-state index contributed by atoms with van der Waals surface area (Å²) in [5.41, 5.74) is 0.457. The number of benzene rings is 2. The highest BCUT2D eigenvalue weighted by Gasteiger charge is 2.21. The Morgan fingerprint density at radius 1 is 1.04 bits per heavy atom. The second-order valence-electron chi connectivity index (χ2n) is 5.46. The second kappa shape index (κ2) is 7.14. The molecule has 0 saturated carbocycles. The van der Waals surface area contributed by atoms with E-state index in [0.29, 0.717) is 22.9 Å². The standard InChI is InChI=1S/C18H18N4O4/c1-21-16(17(23)19-12-4-8-14(25-2)9-5-12)18(24)22(20-21)13-6-10-15(26-3)11-7-13/h4-11H,1-3H3,(H-,19,20,23,24). The lowest BCUT2D eigenvalue weighted by atomic mass is 10.3. The van der Waals surface area contributed by atoms with Crippen LogP contribution in [0.5, 0.6) is 11.5 Å². The predicted molar refractivity (Wildman–Crippen MR) is 93.3 cm³/mol. The van der Waals surface area contributed by atoms with Crippen molar-refractivity contribution in [2.45, 2.75) is 0 Å². The van der Waals surface area contributed by atoms with Crippen LogP contribution < -0.4 is 24.8 Å². The number of nitrogens with one attached hydrogen (secondary N) is 1. The maximum atomic E-state index is 12.7. The van der Waals surface area contributed by atoms with Crippen LogP contribution in [0.4, 0.5) is 5.69 Å². The molecule has 3 aromatic rings. The molecule has 3 rings (SSSR count). The molecule has 0 aliphatic heterocycles. The Balaban J connectivity index is 1.98. The molecule has 0 fully saturated rings. The van der Waals surface area contributed by atoms with Crippen LogP contribution in [0.25, 0.3) is 5.69 Å². The second-order valence-corrected chi connectivity index (χ2v) is 5.46. The number of hydrogen-bond donors (Lipinski definition) is 1. The first-order chi connectivity index (χ1) is 12.5. The van der Waals surface area contributed by atoms with E-state index in [-0.39, 0.29) is 5.69 Å². The molecule has 8 heteroatoms. The van der Waals surface area contributed by atoms with Gasteiger partial charge in [-0.15, -0.1) is 0 Å². The lowest BCUT2D eigenvalue weighted by Gasteiger charge is -2.06. The minimum absolute atomic E-state index is 0.0726. The largest absolute Gasteiger partial charge is 0.855 e. The average molecular weight is 354 g/mol. The van der Waals surface area contributed by atoms with Crippen LogP contribution in [0, 0.1) is 0 Å². The molecule has 1 aromatic heterocycles. The molecule has 0 radical (unpaired) electrons. The van der Waals surface area contributed by atoms with Crippen LogP contribution in [0.2, 0.25) is 0 Å². The number of aromatic amines is 1. The van der Waals surface area contributed by atoms with E-state index in [1.807, 2.05) is 0 Å². The number of aliphatic imine (C=N–C) groups is 1. The minimum Gasteiger partial charge on any atom is -0.855 e. The van der Waals surface area contributed by atoms with Gasteiger partial charge in [-0.1, -0.05) is 9.90 Å². The summed E-state index contributed by atoms with van der Waals surface area (Å²) in [5, 5.41) is 15.3. The highest BCUT2D eigenvalue weighted by molar-refractivity contribution is 5.88. The lowest BCUT2D eigenvalue weighted by Crippen LogP contribution is -2.43. The summed E-state index contributed by atoms with van der Waals surface area (Å²) < 4.78 is 12.8. The van der Waals surface area contributed by atoms with E-state index >= 15 is 0 Å². The van der Waals surface area contributed by atoms with Crippen molar-refractivity contribution < 1.29 is 19.3 Å². The molecule has 0 saturated heterocycles. The molecule has 0 bridgehead atoms. The molecular formula is C18H18N4O4. The van der Waals surface area contributed by atoms with Gasteiger partial charge in [0, 0.05) is 5.90 Å². The highest BCUT2D eigenvalue weighted by Crippen LogP contribution is 2.18. The Labute approximate surface area is 149 Å². The normalized spacial score (nSPS) is 11.4. The van der Waals surface area contributed by atoms with Gasteiger partial charge in [0.25, 0.3) is 0 Å². The van der Waals surface area contributed by atoms with Crippen LogP contribution in [-0.2, 0) is 7.05 Å². The van der Waals surface area contributed by atoms with Crippen LogP contribution in [0.15, 0.2) is 58.3 Å². The number of hydrogen-bond acceptors (Lipinski definition) is 5. The Kier molecular flexibility index (Phi) is 4.74. The van der Waals surface area contributed by atoms with Gasteiger partial charge in [0.1, 0.15) is 18.5 Å². The molecular weight excluding hydrogens is 336 g/mol. The van der Waals surface area contributed by atoms with Gasteiger partial charge in [0.05, 0.1) is 19.9 Å². The maximum absolute atomic E-state index is 12.7. The van der Waals surface area contributed by atoms with Gasteiger partial charge in [-0.05, 0) is 48.5 Å². The minimum atomic E-state index is -0.633. The van der Waals surface area contributed by atoms with Crippen molar-refractivity contribution >= 4 is 11.6 Å². The SMILES string of the molecule is COc1ccc(N=C([O-])c2c(=O)n(-c3ccc(OC)cc3)[nH][n+]2C)cc1. The van der Waals surface area contributed by atoms with Gasteiger partial charge in [0.15, 0.2) is 5.69 Å². The molecule has 0 unspecified atom stereocenters. The topological polar surface area (TPSA) is 95.6 Å². The monoisotopic (exact) mass is 354 g/mol. The van der Waals surface area contributed by atoms with Crippen molar-refractivity contribution in [1.82, 2.24) is 9.90 Å². The van der Waals surface area contributed by atoms with Crippen molar-refractivity contribution in [2.75, 3.05) is 14.2 Å². The summed E-state index contributed by atoms with van der Waals surface area (Å²) >= 11 is 0. The van der Waals surface area contributed by atoms with Gasteiger partial charge in [0.2, 0.25) is 5.69 Å². The lowest BCUT2D eigenvalue weighted by molar-refractivity contribution is -0.734. The first-order valence-corrected chi connectivity index (χ1v) is 7.79. The average Bonchev–Trinajstić information content (AvgIpc) is 2.96. The number of ether oxygens (including phenoxy) is 2. The summed E-state index contributed by atoms with van der Waals surface area (Å²) in [7, 11) is 4.70.